The highest BCUT2D eigenvalue weighted by Crippen LogP contribution is 2.35. The van der Waals surface area contributed by atoms with Gasteiger partial charge in [-0.3, -0.25) is 9.69 Å². The van der Waals surface area contributed by atoms with E-state index in [-0.39, 0.29) is 5.91 Å². The third kappa shape index (κ3) is 2.95. The van der Waals surface area contributed by atoms with Gasteiger partial charge in [-0.05, 0) is 44.5 Å². The van der Waals surface area contributed by atoms with Crippen LogP contribution in [0, 0.1) is 0 Å². The number of hydrogen-bond acceptors (Lipinski definition) is 2. The predicted molar refractivity (Wildman–Crippen MR) is 89.7 cm³/mol. The lowest BCUT2D eigenvalue weighted by Gasteiger charge is -2.35. The van der Waals surface area contributed by atoms with Crippen molar-refractivity contribution in [2.75, 3.05) is 13.6 Å². The second-order valence-corrected chi connectivity index (χ2v) is 6.50. The van der Waals surface area contributed by atoms with Crippen molar-refractivity contribution in [2.45, 2.75) is 51.1 Å². The van der Waals surface area contributed by atoms with Gasteiger partial charge in [0.2, 0.25) is 0 Å². The van der Waals surface area contributed by atoms with Crippen molar-refractivity contribution in [3.8, 4) is 0 Å². The van der Waals surface area contributed by atoms with Crippen LogP contribution in [0.4, 0.5) is 0 Å². The summed E-state index contributed by atoms with van der Waals surface area (Å²) in [6, 6.07) is 10.8. The van der Waals surface area contributed by atoms with Crippen LogP contribution < -0.4 is 0 Å². The van der Waals surface area contributed by atoms with E-state index < -0.39 is 0 Å². The van der Waals surface area contributed by atoms with E-state index >= 15 is 0 Å². The van der Waals surface area contributed by atoms with Crippen LogP contribution in [-0.2, 0) is 0 Å². The predicted octanol–water partition coefficient (Wildman–Crippen LogP) is 3.68. The Morgan fingerprint density at radius 1 is 1.27 bits per heavy atom. The number of amides is 1. The lowest BCUT2D eigenvalue weighted by atomic mass is 10.0. The van der Waals surface area contributed by atoms with Crippen molar-refractivity contribution in [2.24, 2.45) is 0 Å². The fraction of sp³-hybridized carbons (Fsp3) is 0.526. The van der Waals surface area contributed by atoms with Gasteiger partial charge in [0.15, 0.2) is 0 Å². The summed E-state index contributed by atoms with van der Waals surface area (Å²) in [6.45, 7) is 3.01. The second kappa shape index (κ2) is 6.66. The Bertz CT molecular complexity index is 552. The summed E-state index contributed by atoms with van der Waals surface area (Å²) in [5, 5.41) is 0. The number of hydrogen-bond donors (Lipinski definition) is 0. The molecule has 1 amide bonds. The molecule has 3 rings (SSSR count). The van der Waals surface area contributed by atoms with Crippen LogP contribution in [-0.4, -0.2) is 41.4 Å². The first kappa shape index (κ1) is 15.3. The molecule has 2 aliphatic rings. The average Bonchev–Trinajstić information content (AvgIpc) is 2.77. The maximum atomic E-state index is 12.9. The first-order valence-corrected chi connectivity index (χ1v) is 8.50. The van der Waals surface area contributed by atoms with Gasteiger partial charge >= 0.3 is 0 Å². The molecule has 0 spiro atoms. The monoisotopic (exact) mass is 298 g/mol. The summed E-state index contributed by atoms with van der Waals surface area (Å²) in [5.41, 5.74) is 2.04. The van der Waals surface area contributed by atoms with E-state index in [1.54, 1.807) is 0 Å². The third-order valence-electron chi connectivity index (χ3n) is 5.07. The Labute approximate surface area is 133 Å². The van der Waals surface area contributed by atoms with E-state index in [4.69, 9.17) is 0 Å². The van der Waals surface area contributed by atoms with Crippen molar-refractivity contribution in [3.63, 3.8) is 0 Å². The van der Waals surface area contributed by atoms with Gasteiger partial charge in [-0.1, -0.05) is 31.5 Å². The Balaban J connectivity index is 1.84. The van der Waals surface area contributed by atoms with Gasteiger partial charge in [0.05, 0.1) is 0 Å². The van der Waals surface area contributed by atoms with E-state index in [0.717, 1.165) is 31.4 Å². The number of fused-ring (bicyclic) bond motifs is 2. The largest absolute Gasteiger partial charge is 0.312 e. The number of carbonyl (C=O) groups is 1. The summed E-state index contributed by atoms with van der Waals surface area (Å²) in [4.78, 5) is 17.4. The SMILES string of the molecule is CCCCN(C(=O)c1ccccc1)C1=C[C@H]2CC[C@H](C1)N2C. The van der Waals surface area contributed by atoms with E-state index in [0.29, 0.717) is 12.1 Å². The number of nitrogens with zero attached hydrogens (tertiary/aromatic N) is 2. The van der Waals surface area contributed by atoms with E-state index in [2.05, 4.69) is 24.9 Å². The molecule has 3 heteroatoms. The Morgan fingerprint density at radius 3 is 2.73 bits per heavy atom. The van der Waals surface area contributed by atoms with Crippen LogP contribution in [0.25, 0.3) is 0 Å². The van der Waals surface area contributed by atoms with E-state index in [1.807, 2.05) is 35.2 Å². The van der Waals surface area contributed by atoms with Crippen LogP contribution in [0.3, 0.4) is 0 Å². The molecule has 0 unspecified atom stereocenters. The zero-order valence-electron chi connectivity index (χ0n) is 13.7. The van der Waals surface area contributed by atoms with Crippen LogP contribution in [0.1, 0.15) is 49.4 Å². The van der Waals surface area contributed by atoms with Crippen molar-refractivity contribution in [1.29, 1.82) is 0 Å². The van der Waals surface area contributed by atoms with Crippen molar-refractivity contribution in [3.05, 3.63) is 47.7 Å². The van der Waals surface area contributed by atoms with Gasteiger partial charge in [0.25, 0.3) is 5.91 Å². The van der Waals surface area contributed by atoms with Gasteiger partial charge in [0.1, 0.15) is 0 Å². The molecule has 118 valence electrons. The molecule has 1 aromatic carbocycles. The Kier molecular flexibility index (Phi) is 4.63. The standard InChI is InChI=1S/C19H26N2O/c1-3-4-12-21(19(22)15-8-6-5-7-9-15)18-13-16-10-11-17(14-18)20(16)2/h5-9,13,16-17H,3-4,10-12,14H2,1-2H3/t16-,17-/m1/s1. The van der Waals surface area contributed by atoms with Gasteiger partial charge in [0, 0.05) is 36.3 Å². The van der Waals surface area contributed by atoms with Crippen LogP contribution in [0.15, 0.2) is 42.1 Å². The molecule has 0 saturated carbocycles. The maximum Gasteiger partial charge on any atom is 0.257 e. The van der Waals surface area contributed by atoms with E-state index in [9.17, 15) is 4.79 Å². The molecular formula is C19H26N2O. The minimum atomic E-state index is 0.157. The third-order valence-corrected chi connectivity index (χ3v) is 5.07. The van der Waals surface area contributed by atoms with Gasteiger partial charge in [-0.2, -0.15) is 0 Å². The molecule has 2 atom stereocenters. The topological polar surface area (TPSA) is 23.6 Å². The molecule has 2 aliphatic heterocycles. The summed E-state index contributed by atoms with van der Waals surface area (Å²) < 4.78 is 0. The maximum absolute atomic E-state index is 12.9. The van der Waals surface area contributed by atoms with Gasteiger partial charge in [-0.15, -0.1) is 0 Å². The molecule has 0 aromatic heterocycles. The fourth-order valence-corrected chi connectivity index (χ4v) is 3.65. The lowest BCUT2D eigenvalue weighted by molar-refractivity contribution is 0.0784. The summed E-state index contributed by atoms with van der Waals surface area (Å²) >= 11 is 0. The Morgan fingerprint density at radius 2 is 2.05 bits per heavy atom. The zero-order chi connectivity index (χ0) is 15.5. The normalized spacial score (nSPS) is 24.2. The number of unbranched alkanes of at least 4 members (excludes halogenated alkanes) is 1. The van der Waals surface area contributed by atoms with Crippen molar-refractivity contribution in [1.82, 2.24) is 9.80 Å². The van der Waals surface area contributed by atoms with Crippen LogP contribution >= 0.6 is 0 Å². The highest BCUT2D eigenvalue weighted by atomic mass is 16.2. The quantitative estimate of drug-likeness (QED) is 0.828. The first-order valence-electron chi connectivity index (χ1n) is 8.50. The van der Waals surface area contributed by atoms with Crippen LogP contribution in [0.5, 0.6) is 0 Å². The van der Waals surface area contributed by atoms with E-state index in [1.165, 1.54) is 18.5 Å². The molecule has 1 aromatic rings. The molecule has 1 fully saturated rings. The first-order chi connectivity index (χ1) is 10.7. The summed E-state index contributed by atoms with van der Waals surface area (Å²) in [5.74, 6) is 0.157. The number of carbonyl (C=O) groups excluding carboxylic acids is 1. The smallest absolute Gasteiger partial charge is 0.257 e. The summed E-state index contributed by atoms with van der Waals surface area (Å²) in [7, 11) is 2.21. The molecule has 3 nitrogen and oxygen atoms in total. The van der Waals surface area contributed by atoms with Gasteiger partial charge < -0.3 is 4.90 Å². The molecule has 22 heavy (non-hydrogen) atoms. The van der Waals surface area contributed by atoms with Crippen molar-refractivity contribution < 1.29 is 4.79 Å². The molecule has 0 N–H and O–H groups in total. The number of likely N-dealkylation sites (N-methyl/N-ethyl adjacent to an activating group) is 1. The lowest BCUT2D eigenvalue weighted by Crippen LogP contribution is -2.41. The Hall–Kier alpha value is -1.61. The minimum Gasteiger partial charge on any atom is -0.312 e. The zero-order valence-corrected chi connectivity index (χ0v) is 13.7. The molecule has 0 aliphatic carbocycles. The molecular weight excluding hydrogens is 272 g/mol. The van der Waals surface area contributed by atoms with Gasteiger partial charge in [-0.25, -0.2) is 0 Å². The average molecular weight is 298 g/mol. The highest BCUT2D eigenvalue weighted by Gasteiger charge is 2.36. The second-order valence-electron chi connectivity index (χ2n) is 6.50. The molecule has 1 saturated heterocycles. The van der Waals surface area contributed by atoms with Crippen LogP contribution in [0.2, 0.25) is 0 Å². The number of benzene rings is 1. The number of rotatable bonds is 5. The van der Waals surface area contributed by atoms with Crippen molar-refractivity contribution >= 4 is 5.91 Å². The fourth-order valence-electron chi connectivity index (χ4n) is 3.65. The molecule has 2 heterocycles. The minimum absolute atomic E-state index is 0.157. The molecule has 2 bridgehead atoms. The summed E-state index contributed by atoms with van der Waals surface area (Å²) in [6.07, 6.45) is 7.99. The highest BCUT2D eigenvalue weighted by molar-refractivity contribution is 5.95. The molecule has 0 radical (unpaired) electrons.